The molecule has 0 aromatic rings. The Hall–Kier alpha value is -0.0800. The first kappa shape index (κ1) is 11.4. The van der Waals surface area contributed by atoms with Crippen molar-refractivity contribution < 1.29 is 4.74 Å². The molecule has 2 heteroatoms. The molecule has 0 aromatic carbocycles. The van der Waals surface area contributed by atoms with Gasteiger partial charge in [0.2, 0.25) is 0 Å². The molecule has 1 saturated carbocycles. The number of rotatable bonds is 5. The zero-order chi connectivity index (χ0) is 10.7. The first-order valence-electron chi connectivity index (χ1n) is 6.59. The van der Waals surface area contributed by atoms with Crippen molar-refractivity contribution in [1.82, 2.24) is 5.32 Å². The lowest BCUT2D eigenvalue weighted by molar-refractivity contribution is -0.0837. The van der Waals surface area contributed by atoms with E-state index in [0.29, 0.717) is 6.04 Å². The summed E-state index contributed by atoms with van der Waals surface area (Å²) in [5.74, 6) is 0.972. The molecule has 0 spiro atoms. The van der Waals surface area contributed by atoms with E-state index in [1.165, 1.54) is 38.5 Å². The van der Waals surface area contributed by atoms with Crippen molar-refractivity contribution in [2.45, 2.75) is 64.0 Å². The van der Waals surface area contributed by atoms with E-state index in [1.807, 2.05) is 0 Å². The Bertz CT molecular complexity index is 203. The molecule has 1 saturated heterocycles. The zero-order valence-corrected chi connectivity index (χ0v) is 10.2. The molecule has 2 nitrogen and oxygen atoms in total. The van der Waals surface area contributed by atoms with E-state index in [2.05, 4.69) is 19.2 Å². The third-order valence-electron chi connectivity index (χ3n) is 3.70. The smallest absolute Gasteiger partial charge is 0.0672 e. The van der Waals surface area contributed by atoms with Gasteiger partial charge in [0, 0.05) is 12.6 Å². The summed E-state index contributed by atoms with van der Waals surface area (Å²) in [6, 6.07) is 0.697. The summed E-state index contributed by atoms with van der Waals surface area (Å²) >= 11 is 0. The predicted octanol–water partition coefficient (Wildman–Crippen LogP) is 2.72. The molecular weight excluding hydrogens is 186 g/mol. The highest BCUT2D eigenvalue weighted by atomic mass is 16.5. The first-order chi connectivity index (χ1) is 7.22. The molecule has 2 fully saturated rings. The van der Waals surface area contributed by atoms with Crippen LogP contribution in [-0.4, -0.2) is 24.8 Å². The van der Waals surface area contributed by atoms with Gasteiger partial charge in [-0.3, -0.25) is 0 Å². The highest BCUT2D eigenvalue weighted by Crippen LogP contribution is 2.41. The fourth-order valence-corrected chi connectivity index (χ4v) is 2.73. The van der Waals surface area contributed by atoms with Crippen LogP contribution >= 0.6 is 0 Å². The highest BCUT2D eigenvalue weighted by Gasteiger charge is 2.38. The molecule has 0 radical (unpaired) electrons. The summed E-state index contributed by atoms with van der Waals surface area (Å²) in [5, 5.41) is 3.64. The van der Waals surface area contributed by atoms with Crippen LogP contribution in [0.5, 0.6) is 0 Å². The average molecular weight is 211 g/mol. The van der Waals surface area contributed by atoms with E-state index in [9.17, 15) is 0 Å². The van der Waals surface area contributed by atoms with Crippen LogP contribution in [0.4, 0.5) is 0 Å². The van der Waals surface area contributed by atoms with E-state index in [4.69, 9.17) is 4.74 Å². The lowest BCUT2D eigenvalue weighted by Crippen LogP contribution is -2.45. The van der Waals surface area contributed by atoms with Crippen LogP contribution in [0.15, 0.2) is 0 Å². The topological polar surface area (TPSA) is 21.3 Å². The Labute approximate surface area is 93.8 Å². The van der Waals surface area contributed by atoms with Gasteiger partial charge in [-0.1, -0.05) is 19.8 Å². The van der Waals surface area contributed by atoms with Gasteiger partial charge in [-0.2, -0.15) is 0 Å². The van der Waals surface area contributed by atoms with Crippen molar-refractivity contribution in [3.05, 3.63) is 0 Å². The van der Waals surface area contributed by atoms with Gasteiger partial charge in [0.25, 0.3) is 0 Å². The molecule has 88 valence electrons. The molecule has 2 atom stereocenters. The van der Waals surface area contributed by atoms with Crippen molar-refractivity contribution in [1.29, 1.82) is 0 Å². The summed E-state index contributed by atoms with van der Waals surface area (Å²) in [5.41, 5.74) is 0.171. The second-order valence-corrected chi connectivity index (χ2v) is 5.59. The second kappa shape index (κ2) is 4.84. The van der Waals surface area contributed by atoms with Gasteiger partial charge in [-0.25, -0.2) is 0 Å². The Morgan fingerprint density at radius 2 is 2.13 bits per heavy atom. The van der Waals surface area contributed by atoms with Gasteiger partial charge >= 0.3 is 0 Å². The van der Waals surface area contributed by atoms with Gasteiger partial charge in [-0.15, -0.1) is 0 Å². The maximum absolute atomic E-state index is 5.99. The monoisotopic (exact) mass is 211 g/mol. The predicted molar refractivity (Wildman–Crippen MR) is 63.0 cm³/mol. The Kier molecular flexibility index (Phi) is 3.68. The molecule has 0 bridgehead atoms. The molecular formula is C13H25NO. The van der Waals surface area contributed by atoms with Crippen LogP contribution in [0.2, 0.25) is 0 Å². The van der Waals surface area contributed by atoms with E-state index >= 15 is 0 Å². The molecule has 2 aliphatic rings. The van der Waals surface area contributed by atoms with Crippen molar-refractivity contribution in [3.8, 4) is 0 Å². The van der Waals surface area contributed by atoms with Gasteiger partial charge in [0.15, 0.2) is 0 Å². The maximum Gasteiger partial charge on any atom is 0.0672 e. The summed E-state index contributed by atoms with van der Waals surface area (Å²) < 4.78 is 5.99. The quantitative estimate of drug-likeness (QED) is 0.755. The number of nitrogens with one attached hydrogen (secondary N) is 1. The van der Waals surface area contributed by atoms with E-state index in [-0.39, 0.29) is 5.60 Å². The van der Waals surface area contributed by atoms with Crippen LogP contribution < -0.4 is 5.32 Å². The second-order valence-electron chi connectivity index (χ2n) is 5.59. The van der Waals surface area contributed by atoms with Crippen LogP contribution in [-0.2, 0) is 4.74 Å². The van der Waals surface area contributed by atoms with Gasteiger partial charge in [0.1, 0.15) is 0 Å². The molecule has 0 amide bonds. The normalized spacial score (nSPS) is 36.8. The fourth-order valence-electron chi connectivity index (χ4n) is 2.73. The van der Waals surface area contributed by atoms with Crippen molar-refractivity contribution in [3.63, 3.8) is 0 Å². The highest BCUT2D eigenvalue weighted by molar-refractivity contribution is 4.91. The molecule has 2 rings (SSSR count). The molecule has 1 heterocycles. The number of ether oxygens (including phenoxy) is 1. The zero-order valence-electron chi connectivity index (χ0n) is 10.2. The van der Waals surface area contributed by atoms with Crippen molar-refractivity contribution in [2.75, 3.05) is 13.2 Å². The number of hydrogen-bond donors (Lipinski definition) is 1. The third-order valence-corrected chi connectivity index (χ3v) is 3.70. The lowest BCUT2D eigenvalue weighted by Gasteiger charge is -2.39. The minimum atomic E-state index is 0.171. The molecule has 1 N–H and O–H groups in total. The SMILES string of the molecule is CCCNC1CCOC(C)(CC2CC2)C1. The third kappa shape index (κ3) is 3.46. The van der Waals surface area contributed by atoms with Crippen LogP contribution in [0, 0.1) is 5.92 Å². The lowest BCUT2D eigenvalue weighted by atomic mass is 9.87. The Balaban J connectivity index is 1.79. The van der Waals surface area contributed by atoms with E-state index in [1.54, 1.807) is 0 Å². The van der Waals surface area contributed by atoms with Crippen molar-refractivity contribution >= 4 is 0 Å². The average Bonchev–Trinajstić information content (AvgIpc) is 2.98. The van der Waals surface area contributed by atoms with Gasteiger partial charge in [0.05, 0.1) is 5.60 Å². The number of hydrogen-bond acceptors (Lipinski definition) is 2. The Morgan fingerprint density at radius 3 is 2.80 bits per heavy atom. The first-order valence-corrected chi connectivity index (χ1v) is 6.59. The van der Waals surface area contributed by atoms with Crippen LogP contribution in [0.1, 0.15) is 52.4 Å². The fraction of sp³-hybridized carbons (Fsp3) is 1.00. The van der Waals surface area contributed by atoms with Gasteiger partial charge in [-0.05, 0) is 45.1 Å². The molecule has 1 aliphatic heterocycles. The van der Waals surface area contributed by atoms with E-state index in [0.717, 1.165) is 19.1 Å². The minimum absolute atomic E-state index is 0.171. The summed E-state index contributed by atoms with van der Waals surface area (Å²) in [7, 11) is 0. The maximum atomic E-state index is 5.99. The summed E-state index contributed by atoms with van der Waals surface area (Å²) in [4.78, 5) is 0. The van der Waals surface area contributed by atoms with Gasteiger partial charge < -0.3 is 10.1 Å². The summed E-state index contributed by atoms with van der Waals surface area (Å²) in [6.07, 6.45) is 7.80. The summed E-state index contributed by atoms with van der Waals surface area (Å²) in [6.45, 7) is 6.65. The largest absolute Gasteiger partial charge is 0.375 e. The molecule has 1 aliphatic carbocycles. The van der Waals surface area contributed by atoms with Crippen LogP contribution in [0.3, 0.4) is 0 Å². The van der Waals surface area contributed by atoms with Crippen LogP contribution in [0.25, 0.3) is 0 Å². The van der Waals surface area contributed by atoms with E-state index < -0.39 is 0 Å². The van der Waals surface area contributed by atoms with Crippen molar-refractivity contribution in [2.24, 2.45) is 5.92 Å². The molecule has 0 aromatic heterocycles. The standard InChI is InChI=1S/C13H25NO/c1-3-7-14-12-6-8-15-13(2,10-12)9-11-4-5-11/h11-12,14H,3-10H2,1-2H3. The molecule has 2 unspecified atom stereocenters. The molecule has 15 heavy (non-hydrogen) atoms. The minimum Gasteiger partial charge on any atom is -0.375 e. The Morgan fingerprint density at radius 1 is 1.33 bits per heavy atom.